The molecule has 2 heterocycles. The summed E-state index contributed by atoms with van der Waals surface area (Å²) < 4.78 is 26.0. The van der Waals surface area contributed by atoms with E-state index in [1.807, 2.05) is 42.5 Å². The van der Waals surface area contributed by atoms with Crippen molar-refractivity contribution in [1.29, 1.82) is 21.2 Å². The van der Waals surface area contributed by atoms with Crippen molar-refractivity contribution in [2.75, 3.05) is 0 Å². The molecule has 1 N–H and O–H groups in total. The first-order valence-electron chi connectivity index (χ1n) is 9.46. The van der Waals surface area contributed by atoms with Crippen LogP contribution in [0, 0.1) is 62.0 Å². The maximum atomic E-state index is 13.8. The molecule has 0 aromatic heterocycles. The maximum absolute atomic E-state index is 13.8. The van der Waals surface area contributed by atoms with Crippen LogP contribution >= 0.6 is 15.9 Å². The van der Waals surface area contributed by atoms with Gasteiger partial charge < -0.3 is 9.47 Å². The number of rotatable bonds is 3. The van der Waals surface area contributed by atoms with Gasteiger partial charge in [-0.3, -0.25) is 5.41 Å². The number of benzene rings is 2. The van der Waals surface area contributed by atoms with Crippen molar-refractivity contribution in [3.05, 3.63) is 69.9 Å². The van der Waals surface area contributed by atoms with Crippen LogP contribution < -0.4 is 0 Å². The summed E-state index contributed by atoms with van der Waals surface area (Å²) in [7, 11) is 0. The number of fused-ring (bicyclic) bond motifs is 2. The molecule has 4 atom stereocenters. The Morgan fingerprint density at radius 3 is 2.35 bits per heavy atom. The molecule has 8 heteroatoms. The van der Waals surface area contributed by atoms with Crippen molar-refractivity contribution in [3.63, 3.8) is 0 Å². The van der Waals surface area contributed by atoms with Gasteiger partial charge >= 0.3 is 0 Å². The van der Waals surface area contributed by atoms with Gasteiger partial charge in [-0.25, -0.2) is 4.39 Å². The largest absolute Gasteiger partial charge is 0.448 e. The first-order chi connectivity index (χ1) is 14.8. The van der Waals surface area contributed by atoms with Crippen LogP contribution in [0.15, 0.2) is 53.0 Å². The van der Waals surface area contributed by atoms with Gasteiger partial charge in [0, 0.05) is 6.92 Å². The normalized spacial score (nSPS) is 30.5. The van der Waals surface area contributed by atoms with Gasteiger partial charge in [0.25, 0.3) is 0 Å². The summed E-state index contributed by atoms with van der Waals surface area (Å²) in [6.45, 7) is 1.61. The lowest BCUT2D eigenvalue weighted by Gasteiger charge is -2.48. The minimum absolute atomic E-state index is 0.129. The van der Waals surface area contributed by atoms with E-state index in [2.05, 4.69) is 22.0 Å². The third-order valence-corrected chi connectivity index (χ3v) is 6.85. The van der Waals surface area contributed by atoms with Gasteiger partial charge in [-0.1, -0.05) is 36.4 Å². The molecule has 31 heavy (non-hydrogen) atoms. The summed E-state index contributed by atoms with van der Waals surface area (Å²) in [4.78, 5) is 0. The smallest absolute Gasteiger partial charge is 0.215 e. The zero-order valence-corrected chi connectivity index (χ0v) is 18.0. The Balaban J connectivity index is 1.95. The van der Waals surface area contributed by atoms with E-state index in [0.717, 1.165) is 5.56 Å². The van der Waals surface area contributed by atoms with Gasteiger partial charge in [0.1, 0.15) is 11.9 Å². The van der Waals surface area contributed by atoms with Crippen molar-refractivity contribution in [2.45, 2.75) is 25.2 Å². The van der Waals surface area contributed by atoms with Gasteiger partial charge in [0.2, 0.25) is 17.1 Å². The first kappa shape index (κ1) is 21.0. The average molecular weight is 479 g/mol. The van der Waals surface area contributed by atoms with E-state index in [1.54, 1.807) is 6.92 Å². The Morgan fingerprint density at radius 1 is 1.10 bits per heavy atom. The molecule has 0 radical (unpaired) electrons. The molecule has 6 nitrogen and oxygen atoms in total. The third kappa shape index (κ3) is 2.71. The summed E-state index contributed by atoms with van der Waals surface area (Å²) in [5.41, 5.74) is -2.79. The molecule has 2 saturated heterocycles. The number of hydrogen-bond acceptors (Lipinski definition) is 6. The van der Waals surface area contributed by atoms with Crippen LogP contribution in [0.1, 0.15) is 24.2 Å². The maximum Gasteiger partial charge on any atom is 0.215 e. The highest BCUT2D eigenvalue weighted by molar-refractivity contribution is 9.10. The molecule has 0 spiro atoms. The number of nitriles is 3. The highest BCUT2D eigenvalue weighted by Crippen LogP contribution is 2.67. The Labute approximate surface area is 187 Å². The average Bonchev–Trinajstić information content (AvgIpc) is 2.93. The van der Waals surface area contributed by atoms with Crippen LogP contribution in [0.25, 0.3) is 0 Å². The second-order valence-electron chi connectivity index (χ2n) is 7.81. The Morgan fingerprint density at radius 2 is 1.77 bits per heavy atom. The Kier molecular flexibility index (Phi) is 4.85. The molecule has 2 aliphatic heterocycles. The summed E-state index contributed by atoms with van der Waals surface area (Å²) in [6, 6.07) is 19.4. The molecule has 2 fully saturated rings. The molecule has 0 aliphatic carbocycles. The fraction of sp³-hybridized carbons (Fsp3) is 0.304. The molecule has 4 unspecified atom stereocenters. The van der Waals surface area contributed by atoms with Gasteiger partial charge in [-0.15, -0.1) is 0 Å². The molecule has 2 aromatic rings. The van der Waals surface area contributed by atoms with Crippen LogP contribution in [0.2, 0.25) is 0 Å². The standard InChI is InChI=1S/C23H16BrFN4O2/c1-21-18(9-14-5-3-2-4-6-14)23(13-28,20(29)31-21)22(11-26,12-27)19(30-21)15-7-8-17(25)16(24)10-15/h2-8,10,18-19,29H,9H2,1H3. The zero-order valence-electron chi connectivity index (χ0n) is 16.4. The number of ether oxygens (including phenoxy) is 2. The summed E-state index contributed by atoms with van der Waals surface area (Å²) in [6.07, 6.45) is -0.975. The van der Waals surface area contributed by atoms with Gasteiger partial charge in [-0.2, -0.15) is 15.8 Å². The van der Waals surface area contributed by atoms with Crippen molar-refractivity contribution in [2.24, 2.45) is 16.7 Å². The van der Waals surface area contributed by atoms with E-state index in [0.29, 0.717) is 5.56 Å². The lowest BCUT2D eigenvalue weighted by atomic mass is 9.52. The van der Waals surface area contributed by atoms with Crippen molar-refractivity contribution >= 4 is 21.8 Å². The summed E-state index contributed by atoms with van der Waals surface area (Å²) in [5, 5.41) is 39.4. The monoisotopic (exact) mass is 478 g/mol. The molecule has 154 valence electrons. The molecule has 2 aliphatic rings. The van der Waals surface area contributed by atoms with E-state index in [9.17, 15) is 20.2 Å². The molecule has 0 amide bonds. The number of nitrogens with one attached hydrogen (secondary N) is 1. The van der Waals surface area contributed by atoms with E-state index >= 15 is 0 Å². The van der Waals surface area contributed by atoms with Gasteiger partial charge in [-0.05, 0) is 45.6 Å². The summed E-state index contributed by atoms with van der Waals surface area (Å²) in [5.74, 6) is -3.22. The topological polar surface area (TPSA) is 114 Å². The molecule has 4 rings (SSSR count). The fourth-order valence-electron chi connectivity index (χ4n) is 4.71. The lowest BCUT2D eigenvalue weighted by molar-refractivity contribution is -0.272. The molecule has 2 bridgehead atoms. The van der Waals surface area contributed by atoms with Gasteiger partial charge in [0.15, 0.2) is 5.41 Å². The van der Waals surface area contributed by atoms with E-state index in [1.165, 1.54) is 18.2 Å². The minimum Gasteiger partial charge on any atom is -0.448 e. The van der Waals surface area contributed by atoms with Gasteiger partial charge in [0.05, 0.1) is 28.6 Å². The van der Waals surface area contributed by atoms with Crippen LogP contribution in [-0.4, -0.2) is 11.7 Å². The Bertz CT molecular complexity index is 1180. The Hall–Kier alpha value is -3.25. The highest BCUT2D eigenvalue weighted by atomic mass is 79.9. The lowest BCUT2D eigenvalue weighted by Crippen LogP contribution is -2.59. The van der Waals surface area contributed by atoms with Crippen LogP contribution in [-0.2, 0) is 15.9 Å². The third-order valence-electron chi connectivity index (χ3n) is 6.24. The summed E-state index contributed by atoms with van der Waals surface area (Å²) >= 11 is 3.12. The van der Waals surface area contributed by atoms with Crippen LogP contribution in [0.5, 0.6) is 0 Å². The van der Waals surface area contributed by atoms with Crippen molar-refractivity contribution < 1.29 is 13.9 Å². The second-order valence-corrected chi connectivity index (χ2v) is 8.67. The number of halogens is 2. The molecule has 2 aromatic carbocycles. The fourth-order valence-corrected chi connectivity index (χ4v) is 5.11. The highest BCUT2D eigenvalue weighted by Gasteiger charge is 2.79. The zero-order chi connectivity index (χ0) is 22.4. The van der Waals surface area contributed by atoms with E-state index in [4.69, 9.17) is 14.9 Å². The number of hydrogen-bond donors (Lipinski definition) is 1. The molecular weight excluding hydrogens is 463 g/mol. The predicted octanol–water partition coefficient (Wildman–Crippen LogP) is 4.79. The SMILES string of the molecule is CC12OC(=N)C(C#N)(C1Cc1ccccc1)C(C#N)(C#N)C(c1ccc(F)c(Br)c1)O2. The second kappa shape index (κ2) is 7.17. The van der Waals surface area contributed by atoms with Crippen LogP contribution in [0.4, 0.5) is 4.39 Å². The van der Waals surface area contributed by atoms with E-state index < -0.39 is 40.4 Å². The van der Waals surface area contributed by atoms with Crippen LogP contribution in [0.3, 0.4) is 0 Å². The minimum atomic E-state index is -2.09. The quantitative estimate of drug-likeness (QED) is 0.681. The predicted molar refractivity (Wildman–Crippen MR) is 110 cm³/mol. The molecule has 0 saturated carbocycles. The molecular formula is C23H16BrFN4O2. The van der Waals surface area contributed by atoms with Crippen molar-refractivity contribution in [3.8, 4) is 18.2 Å². The van der Waals surface area contributed by atoms with Crippen molar-refractivity contribution in [1.82, 2.24) is 0 Å². The first-order valence-corrected chi connectivity index (χ1v) is 10.3. The number of nitrogens with zero attached hydrogens (tertiary/aromatic N) is 3. The van der Waals surface area contributed by atoms with E-state index in [-0.39, 0.29) is 10.9 Å².